The van der Waals surface area contributed by atoms with E-state index < -0.39 is 5.97 Å². The Labute approximate surface area is 97.4 Å². The summed E-state index contributed by atoms with van der Waals surface area (Å²) in [7, 11) is 1.72. The Kier molecular flexibility index (Phi) is 5.22. The Morgan fingerprint density at radius 2 is 2.12 bits per heavy atom. The van der Waals surface area contributed by atoms with Gasteiger partial charge < -0.3 is 15.2 Å². The van der Waals surface area contributed by atoms with Gasteiger partial charge in [-0.25, -0.2) is 0 Å². The van der Waals surface area contributed by atoms with Crippen LogP contribution in [-0.4, -0.2) is 36.9 Å². The first-order valence-electron chi connectivity index (χ1n) is 6.02. The predicted octanol–water partition coefficient (Wildman–Crippen LogP) is 1.50. The summed E-state index contributed by atoms with van der Waals surface area (Å²) in [4.78, 5) is 11.0. The lowest BCUT2D eigenvalue weighted by atomic mass is 9.88. The molecule has 0 amide bonds. The first kappa shape index (κ1) is 13.5. The zero-order chi connectivity index (χ0) is 12.1. The molecule has 0 aromatic heterocycles. The maximum atomic E-state index is 11.0. The number of carboxylic acids is 1. The second kappa shape index (κ2) is 6.21. The van der Waals surface area contributed by atoms with Gasteiger partial charge in [0.1, 0.15) is 0 Å². The number of hydrogen-bond acceptors (Lipinski definition) is 3. The van der Waals surface area contributed by atoms with Crippen LogP contribution >= 0.6 is 0 Å². The Bertz CT molecular complexity index is 224. The van der Waals surface area contributed by atoms with Crippen LogP contribution in [0.4, 0.5) is 0 Å². The van der Waals surface area contributed by atoms with E-state index in [2.05, 4.69) is 19.2 Å². The summed E-state index contributed by atoms with van der Waals surface area (Å²) in [5.41, 5.74) is 0. The van der Waals surface area contributed by atoms with Crippen LogP contribution in [-0.2, 0) is 9.53 Å². The molecule has 0 spiro atoms. The van der Waals surface area contributed by atoms with Crippen molar-refractivity contribution in [1.82, 2.24) is 5.32 Å². The standard InChI is InChI=1S/C12H23NO3/c1-8(2)4-9(12(14)15)7-13-10-5-11(6-10)16-3/h8-11,13H,4-7H2,1-3H3,(H,14,15). The number of nitrogens with one attached hydrogen (secondary N) is 1. The van der Waals surface area contributed by atoms with E-state index in [-0.39, 0.29) is 5.92 Å². The summed E-state index contributed by atoms with van der Waals surface area (Å²) in [5, 5.41) is 12.4. The van der Waals surface area contributed by atoms with Crippen molar-refractivity contribution in [3.05, 3.63) is 0 Å². The van der Waals surface area contributed by atoms with Crippen molar-refractivity contribution in [2.45, 2.75) is 45.3 Å². The maximum absolute atomic E-state index is 11.0. The fourth-order valence-corrected chi connectivity index (χ4v) is 2.07. The van der Waals surface area contributed by atoms with E-state index in [1.54, 1.807) is 7.11 Å². The average Bonchev–Trinajstić information content (AvgIpc) is 2.13. The number of carbonyl (C=O) groups is 1. The van der Waals surface area contributed by atoms with E-state index >= 15 is 0 Å². The first-order valence-corrected chi connectivity index (χ1v) is 6.02. The summed E-state index contributed by atoms with van der Waals surface area (Å²) in [6.07, 6.45) is 3.11. The number of carboxylic acid groups (broad SMARTS) is 1. The second-order valence-electron chi connectivity index (χ2n) is 5.10. The molecule has 0 aromatic carbocycles. The van der Waals surface area contributed by atoms with E-state index in [9.17, 15) is 4.79 Å². The molecular weight excluding hydrogens is 206 g/mol. The van der Waals surface area contributed by atoms with Crippen LogP contribution in [0.5, 0.6) is 0 Å². The predicted molar refractivity (Wildman–Crippen MR) is 62.4 cm³/mol. The lowest BCUT2D eigenvalue weighted by Crippen LogP contribution is -2.47. The van der Waals surface area contributed by atoms with Crippen LogP contribution in [0, 0.1) is 11.8 Å². The fourth-order valence-electron chi connectivity index (χ4n) is 2.07. The lowest BCUT2D eigenvalue weighted by molar-refractivity contribution is -0.142. The molecule has 0 radical (unpaired) electrons. The lowest BCUT2D eigenvalue weighted by Gasteiger charge is -2.35. The number of ether oxygens (including phenoxy) is 1. The average molecular weight is 229 g/mol. The highest BCUT2D eigenvalue weighted by Crippen LogP contribution is 2.23. The normalized spacial score (nSPS) is 26.5. The van der Waals surface area contributed by atoms with Crippen molar-refractivity contribution >= 4 is 5.97 Å². The zero-order valence-electron chi connectivity index (χ0n) is 10.4. The van der Waals surface area contributed by atoms with Gasteiger partial charge in [-0.05, 0) is 25.2 Å². The van der Waals surface area contributed by atoms with Gasteiger partial charge in [-0.3, -0.25) is 4.79 Å². The molecule has 0 aromatic rings. The number of aliphatic carboxylic acids is 1. The van der Waals surface area contributed by atoms with Gasteiger partial charge in [0.25, 0.3) is 0 Å². The zero-order valence-corrected chi connectivity index (χ0v) is 10.4. The van der Waals surface area contributed by atoms with Crippen molar-refractivity contribution in [2.24, 2.45) is 11.8 Å². The van der Waals surface area contributed by atoms with E-state index in [1.165, 1.54) is 0 Å². The van der Waals surface area contributed by atoms with Gasteiger partial charge in [-0.1, -0.05) is 13.8 Å². The molecule has 1 unspecified atom stereocenters. The highest BCUT2D eigenvalue weighted by Gasteiger charge is 2.30. The minimum absolute atomic E-state index is 0.262. The van der Waals surface area contributed by atoms with Gasteiger partial charge in [0.15, 0.2) is 0 Å². The molecule has 0 heterocycles. The Morgan fingerprint density at radius 1 is 1.50 bits per heavy atom. The van der Waals surface area contributed by atoms with Crippen LogP contribution in [0.1, 0.15) is 33.1 Å². The minimum atomic E-state index is -0.691. The van der Waals surface area contributed by atoms with E-state index in [4.69, 9.17) is 9.84 Å². The minimum Gasteiger partial charge on any atom is -0.481 e. The van der Waals surface area contributed by atoms with Crippen LogP contribution in [0.25, 0.3) is 0 Å². The third kappa shape index (κ3) is 4.10. The molecule has 1 rings (SSSR count). The highest BCUT2D eigenvalue weighted by atomic mass is 16.5. The second-order valence-corrected chi connectivity index (χ2v) is 5.10. The topological polar surface area (TPSA) is 58.6 Å². The molecule has 1 saturated carbocycles. The number of rotatable bonds is 7. The Balaban J connectivity index is 2.20. The summed E-state index contributed by atoms with van der Waals surface area (Å²) in [5.74, 6) is -0.526. The van der Waals surface area contributed by atoms with Gasteiger partial charge in [0.05, 0.1) is 12.0 Å². The molecule has 2 N–H and O–H groups in total. The molecule has 0 saturated heterocycles. The number of methoxy groups -OCH3 is 1. The van der Waals surface area contributed by atoms with Gasteiger partial charge >= 0.3 is 5.97 Å². The molecule has 1 atom stereocenters. The Morgan fingerprint density at radius 3 is 2.56 bits per heavy atom. The van der Waals surface area contributed by atoms with Crippen LogP contribution in [0.15, 0.2) is 0 Å². The van der Waals surface area contributed by atoms with Gasteiger partial charge in [-0.15, -0.1) is 0 Å². The SMILES string of the molecule is COC1CC(NCC(CC(C)C)C(=O)O)C1. The molecule has 4 nitrogen and oxygen atoms in total. The first-order chi connectivity index (χ1) is 7.52. The van der Waals surface area contributed by atoms with Crippen LogP contribution in [0.3, 0.4) is 0 Å². The molecule has 1 aliphatic rings. The molecule has 94 valence electrons. The van der Waals surface area contributed by atoms with Crippen molar-refractivity contribution in [2.75, 3.05) is 13.7 Å². The van der Waals surface area contributed by atoms with Crippen molar-refractivity contribution in [3.8, 4) is 0 Å². The quantitative estimate of drug-likeness (QED) is 0.694. The van der Waals surface area contributed by atoms with E-state index in [1.807, 2.05) is 0 Å². The molecule has 1 fully saturated rings. The van der Waals surface area contributed by atoms with Crippen LogP contribution < -0.4 is 5.32 Å². The molecular formula is C12H23NO3. The van der Waals surface area contributed by atoms with E-state index in [0.717, 1.165) is 19.3 Å². The summed E-state index contributed by atoms with van der Waals surface area (Å²) in [6.45, 7) is 4.69. The van der Waals surface area contributed by atoms with Crippen LogP contribution in [0.2, 0.25) is 0 Å². The third-order valence-electron chi connectivity index (χ3n) is 3.19. The molecule has 1 aliphatic carbocycles. The van der Waals surface area contributed by atoms with Crippen molar-refractivity contribution in [1.29, 1.82) is 0 Å². The van der Waals surface area contributed by atoms with Gasteiger partial charge in [0, 0.05) is 19.7 Å². The van der Waals surface area contributed by atoms with Gasteiger partial charge in [0.2, 0.25) is 0 Å². The largest absolute Gasteiger partial charge is 0.481 e. The monoisotopic (exact) mass is 229 g/mol. The molecule has 0 aliphatic heterocycles. The summed E-state index contributed by atoms with van der Waals surface area (Å²) >= 11 is 0. The van der Waals surface area contributed by atoms with Crippen molar-refractivity contribution < 1.29 is 14.6 Å². The maximum Gasteiger partial charge on any atom is 0.307 e. The van der Waals surface area contributed by atoms with Gasteiger partial charge in [-0.2, -0.15) is 0 Å². The highest BCUT2D eigenvalue weighted by molar-refractivity contribution is 5.70. The summed E-state index contributed by atoms with van der Waals surface area (Å²) in [6, 6.07) is 0.443. The molecule has 4 heteroatoms. The number of hydrogen-bond donors (Lipinski definition) is 2. The van der Waals surface area contributed by atoms with Crippen molar-refractivity contribution in [3.63, 3.8) is 0 Å². The smallest absolute Gasteiger partial charge is 0.307 e. The Hall–Kier alpha value is -0.610. The van der Waals surface area contributed by atoms with E-state index in [0.29, 0.717) is 24.6 Å². The third-order valence-corrected chi connectivity index (χ3v) is 3.19. The molecule has 16 heavy (non-hydrogen) atoms. The molecule has 0 bridgehead atoms. The summed E-state index contributed by atoms with van der Waals surface area (Å²) < 4.78 is 5.18. The fraction of sp³-hybridized carbons (Fsp3) is 0.917.